The van der Waals surface area contributed by atoms with Crippen molar-refractivity contribution in [1.82, 2.24) is 4.90 Å². The summed E-state index contributed by atoms with van der Waals surface area (Å²) in [5.41, 5.74) is 5.65. The van der Waals surface area contributed by atoms with Crippen molar-refractivity contribution in [2.45, 2.75) is 77.3 Å². The molecule has 1 aliphatic carbocycles. The molecule has 8 nitrogen and oxygen atoms in total. The van der Waals surface area contributed by atoms with Gasteiger partial charge in [-0.05, 0) is 44.4 Å². The van der Waals surface area contributed by atoms with Crippen molar-refractivity contribution in [3.8, 4) is 0 Å². The van der Waals surface area contributed by atoms with E-state index in [1.807, 2.05) is 6.92 Å². The zero-order valence-electron chi connectivity index (χ0n) is 17.3. The van der Waals surface area contributed by atoms with Gasteiger partial charge in [-0.3, -0.25) is 0 Å². The van der Waals surface area contributed by atoms with Crippen LogP contribution in [0.5, 0.6) is 0 Å². The second-order valence-corrected chi connectivity index (χ2v) is 9.97. The van der Waals surface area contributed by atoms with Crippen LogP contribution in [-0.4, -0.2) is 53.2 Å². The van der Waals surface area contributed by atoms with Crippen LogP contribution in [0.4, 0.5) is 4.79 Å². The van der Waals surface area contributed by atoms with Crippen molar-refractivity contribution in [2.75, 3.05) is 13.1 Å². The van der Waals surface area contributed by atoms with Gasteiger partial charge in [0.25, 0.3) is 0 Å². The lowest BCUT2D eigenvalue weighted by molar-refractivity contribution is -0.442. The SMILES string of the molecule is C[C@H]1[C@@H](OC(=O)N2CC(C)(N)C2)O[C@@H]2O[C@](C)(OO)CC[C@@H]3[C@@H]2[C@H]1CC[C@H]3C. The monoisotopic (exact) mass is 398 g/mol. The minimum absolute atomic E-state index is 0.0775. The van der Waals surface area contributed by atoms with Crippen LogP contribution in [0.15, 0.2) is 0 Å². The Morgan fingerprint density at radius 3 is 2.54 bits per heavy atom. The molecule has 3 saturated heterocycles. The topological polar surface area (TPSA) is 103 Å². The predicted molar refractivity (Wildman–Crippen MR) is 99.8 cm³/mol. The predicted octanol–water partition coefficient (Wildman–Crippen LogP) is 2.77. The number of nitrogens with two attached hydrogens (primary N) is 1. The maximum absolute atomic E-state index is 12.5. The minimum Gasteiger partial charge on any atom is -0.419 e. The van der Waals surface area contributed by atoms with E-state index in [9.17, 15) is 10.1 Å². The van der Waals surface area contributed by atoms with Crippen LogP contribution in [0.1, 0.15) is 53.4 Å². The third-order valence-corrected chi connectivity index (χ3v) is 7.43. The molecule has 8 heteroatoms. The van der Waals surface area contributed by atoms with E-state index in [1.54, 1.807) is 11.8 Å². The van der Waals surface area contributed by atoms with Crippen molar-refractivity contribution in [1.29, 1.82) is 0 Å². The van der Waals surface area contributed by atoms with Crippen LogP contribution < -0.4 is 5.73 Å². The van der Waals surface area contributed by atoms with Crippen molar-refractivity contribution in [3.63, 3.8) is 0 Å². The number of carbonyl (C=O) groups is 1. The van der Waals surface area contributed by atoms with E-state index < -0.39 is 24.5 Å². The Labute approximate surface area is 166 Å². The normalized spacial score (nSPS) is 47.5. The first-order valence-electron chi connectivity index (χ1n) is 10.5. The largest absolute Gasteiger partial charge is 0.419 e. The molecule has 4 fully saturated rings. The lowest BCUT2D eigenvalue weighted by Gasteiger charge is -2.52. The molecule has 0 bridgehead atoms. The van der Waals surface area contributed by atoms with Crippen molar-refractivity contribution in [3.05, 3.63) is 0 Å². The summed E-state index contributed by atoms with van der Waals surface area (Å²) in [4.78, 5) is 18.8. The van der Waals surface area contributed by atoms with Gasteiger partial charge in [-0.25, -0.2) is 14.9 Å². The number of rotatable bonds is 2. The third-order valence-electron chi connectivity index (χ3n) is 7.43. The fourth-order valence-electron chi connectivity index (χ4n) is 5.77. The molecule has 0 aromatic carbocycles. The zero-order valence-corrected chi connectivity index (χ0v) is 17.3. The highest BCUT2D eigenvalue weighted by molar-refractivity contribution is 5.69. The number of ether oxygens (including phenoxy) is 3. The highest BCUT2D eigenvalue weighted by Crippen LogP contribution is 2.53. The molecular formula is C20H34N2O6. The number of likely N-dealkylation sites (tertiary alicyclic amines) is 1. The maximum Gasteiger partial charge on any atom is 0.412 e. The summed E-state index contributed by atoms with van der Waals surface area (Å²) >= 11 is 0. The Morgan fingerprint density at radius 1 is 1.18 bits per heavy atom. The molecule has 28 heavy (non-hydrogen) atoms. The first-order chi connectivity index (χ1) is 13.1. The molecule has 8 atom stereocenters. The highest BCUT2D eigenvalue weighted by Gasteiger charge is 2.55. The number of hydrogen-bond donors (Lipinski definition) is 2. The van der Waals surface area contributed by atoms with Crippen LogP contribution in [0.25, 0.3) is 0 Å². The Kier molecular flexibility index (Phi) is 5.15. The quantitative estimate of drug-likeness (QED) is 0.544. The fraction of sp³-hybridized carbons (Fsp3) is 0.950. The molecule has 3 N–H and O–H groups in total. The molecule has 3 aliphatic heterocycles. The van der Waals surface area contributed by atoms with Crippen LogP contribution in [0, 0.1) is 29.6 Å². The Hall–Kier alpha value is -0.930. The molecular weight excluding hydrogens is 364 g/mol. The molecule has 160 valence electrons. The van der Waals surface area contributed by atoms with E-state index in [4.69, 9.17) is 24.8 Å². The summed E-state index contributed by atoms with van der Waals surface area (Å²) in [6.07, 6.45) is 2.07. The van der Waals surface area contributed by atoms with Gasteiger partial charge in [-0.1, -0.05) is 20.3 Å². The first-order valence-corrected chi connectivity index (χ1v) is 10.5. The van der Waals surface area contributed by atoms with Gasteiger partial charge in [0, 0.05) is 36.9 Å². The lowest BCUT2D eigenvalue weighted by Crippen LogP contribution is -2.67. The van der Waals surface area contributed by atoms with E-state index in [2.05, 4.69) is 13.8 Å². The van der Waals surface area contributed by atoms with Crippen molar-refractivity contribution < 1.29 is 29.1 Å². The molecule has 0 radical (unpaired) electrons. The molecule has 4 rings (SSSR count). The lowest BCUT2D eigenvalue weighted by atomic mass is 9.61. The second-order valence-electron chi connectivity index (χ2n) is 9.97. The summed E-state index contributed by atoms with van der Waals surface area (Å²) < 4.78 is 18.0. The van der Waals surface area contributed by atoms with Crippen LogP contribution in [0.2, 0.25) is 0 Å². The van der Waals surface area contributed by atoms with Crippen LogP contribution in [-0.2, 0) is 19.1 Å². The minimum atomic E-state index is -1.11. The van der Waals surface area contributed by atoms with Crippen LogP contribution in [0.3, 0.4) is 0 Å². The summed E-state index contributed by atoms with van der Waals surface area (Å²) in [7, 11) is 0. The number of carbonyl (C=O) groups excluding carboxylic acids is 1. The zero-order chi connectivity index (χ0) is 20.3. The van der Waals surface area contributed by atoms with Crippen molar-refractivity contribution >= 4 is 6.09 Å². The van der Waals surface area contributed by atoms with E-state index >= 15 is 0 Å². The van der Waals surface area contributed by atoms with Gasteiger partial charge >= 0.3 is 6.09 Å². The van der Waals surface area contributed by atoms with E-state index in [-0.39, 0.29) is 17.4 Å². The summed E-state index contributed by atoms with van der Waals surface area (Å²) in [6, 6.07) is 0. The standard InChI is InChI=1S/C20H34N2O6/c1-11-5-6-14-12(2)16(26-18(23)22-9-19(3,21)10-22)25-17-15(14)13(11)7-8-20(4,27-17)28-24/h11-17,24H,5-10,21H2,1-4H3/t11-,12-,13+,14+,15-,16-,17-,20-/m1/s1. The number of nitrogens with zero attached hydrogens (tertiary/aromatic N) is 1. The van der Waals surface area contributed by atoms with E-state index in [1.165, 1.54) is 0 Å². The van der Waals surface area contributed by atoms with Gasteiger partial charge in [0.15, 0.2) is 6.29 Å². The van der Waals surface area contributed by atoms with E-state index in [0.29, 0.717) is 37.3 Å². The van der Waals surface area contributed by atoms with Crippen molar-refractivity contribution in [2.24, 2.45) is 35.3 Å². The van der Waals surface area contributed by atoms with Crippen LogP contribution >= 0.6 is 0 Å². The Bertz CT molecular complexity index is 608. The third kappa shape index (κ3) is 3.54. The summed E-state index contributed by atoms with van der Waals surface area (Å²) in [5, 5.41) is 9.41. The smallest absolute Gasteiger partial charge is 0.412 e. The molecule has 1 amide bonds. The molecule has 0 spiro atoms. The molecule has 4 aliphatic rings. The first kappa shape index (κ1) is 20.3. The van der Waals surface area contributed by atoms with Gasteiger partial charge in [0.05, 0.1) is 0 Å². The fourth-order valence-corrected chi connectivity index (χ4v) is 5.77. The molecule has 0 unspecified atom stereocenters. The summed E-state index contributed by atoms with van der Waals surface area (Å²) in [5.74, 6) is 0.519. The molecule has 1 saturated carbocycles. The van der Waals surface area contributed by atoms with Gasteiger partial charge < -0.3 is 24.8 Å². The molecule has 0 aromatic rings. The van der Waals surface area contributed by atoms with Gasteiger partial charge in [0.2, 0.25) is 12.1 Å². The molecule has 0 aromatic heterocycles. The van der Waals surface area contributed by atoms with Gasteiger partial charge in [-0.15, -0.1) is 0 Å². The van der Waals surface area contributed by atoms with Gasteiger partial charge in [0.1, 0.15) is 0 Å². The maximum atomic E-state index is 12.5. The number of hydrogen-bond acceptors (Lipinski definition) is 7. The van der Waals surface area contributed by atoms with Gasteiger partial charge in [-0.2, -0.15) is 0 Å². The average Bonchev–Trinajstić information content (AvgIpc) is 2.76. The highest BCUT2D eigenvalue weighted by atomic mass is 17.1. The number of amides is 1. The second kappa shape index (κ2) is 7.09. The Balaban J connectivity index is 1.52. The van der Waals surface area contributed by atoms with E-state index in [0.717, 1.165) is 19.3 Å². The molecule has 3 heterocycles. The summed E-state index contributed by atoms with van der Waals surface area (Å²) in [6.45, 7) is 8.99. The average molecular weight is 399 g/mol. The Morgan fingerprint density at radius 2 is 1.89 bits per heavy atom.